The van der Waals surface area contributed by atoms with E-state index >= 15 is 0 Å². The highest BCUT2D eigenvalue weighted by Crippen LogP contribution is 2.19. The number of hydrogen-bond acceptors (Lipinski definition) is 5. The smallest absolute Gasteiger partial charge is 0.272 e. The lowest BCUT2D eigenvalue weighted by atomic mass is 10.2. The molecule has 1 amide bonds. The van der Waals surface area contributed by atoms with Gasteiger partial charge in [0.25, 0.3) is 5.91 Å². The number of nitrogens with one attached hydrogen (secondary N) is 1. The molecule has 1 N–H and O–H groups in total. The predicted octanol–water partition coefficient (Wildman–Crippen LogP) is 3.95. The van der Waals surface area contributed by atoms with Crippen molar-refractivity contribution in [3.63, 3.8) is 0 Å². The summed E-state index contributed by atoms with van der Waals surface area (Å²) in [6.07, 6.45) is 1.42. The molecule has 28 heavy (non-hydrogen) atoms. The highest BCUT2D eigenvalue weighted by molar-refractivity contribution is 5.93. The summed E-state index contributed by atoms with van der Waals surface area (Å²) in [4.78, 5) is 25.1. The Bertz CT molecular complexity index is 910. The third-order valence-corrected chi connectivity index (χ3v) is 4.43. The highest BCUT2D eigenvalue weighted by atomic mass is 16.2. The molecule has 0 aliphatic carbocycles. The van der Waals surface area contributed by atoms with Gasteiger partial charge in [-0.15, -0.1) is 0 Å². The zero-order valence-electron chi connectivity index (χ0n) is 16.5. The third kappa shape index (κ3) is 4.85. The van der Waals surface area contributed by atoms with Gasteiger partial charge in [-0.3, -0.25) is 4.79 Å². The molecule has 0 spiro atoms. The van der Waals surface area contributed by atoms with Crippen LogP contribution in [0.5, 0.6) is 0 Å². The van der Waals surface area contributed by atoms with E-state index in [-0.39, 0.29) is 5.91 Å². The van der Waals surface area contributed by atoms with Crippen molar-refractivity contribution in [2.75, 3.05) is 30.9 Å². The Labute approximate surface area is 165 Å². The molecule has 0 atom stereocenters. The van der Waals surface area contributed by atoms with Crippen molar-refractivity contribution in [2.45, 2.75) is 13.5 Å². The van der Waals surface area contributed by atoms with E-state index in [1.807, 2.05) is 80.5 Å². The molecule has 0 unspecified atom stereocenters. The van der Waals surface area contributed by atoms with Crippen LogP contribution < -0.4 is 10.2 Å². The minimum atomic E-state index is -0.111. The Hall–Kier alpha value is -3.41. The van der Waals surface area contributed by atoms with Crippen LogP contribution >= 0.6 is 0 Å². The first-order chi connectivity index (χ1) is 13.6. The van der Waals surface area contributed by atoms with Crippen LogP contribution in [0.1, 0.15) is 23.0 Å². The molecule has 1 aromatic heterocycles. The Kier molecular flexibility index (Phi) is 6.22. The second kappa shape index (κ2) is 8.99. The summed E-state index contributed by atoms with van der Waals surface area (Å²) in [5, 5.41) is 3.23. The fourth-order valence-electron chi connectivity index (χ4n) is 2.83. The largest absolute Gasteiger partial charge is 0.378 e. The molecule has 0 aliphatic rings. The van der Waals surface area contributed by atoms with Gasteiger partial charge in [0.05, 0.1) is 0 Å². The van der Waals surface area contributed by atoms with Gasteiger partial charge >= 0.3 is 0 Å². The lowest BCUT2D eigenvalue weighted by molar-refractivity contribution is 0.0746. The summed E-state index contributed by atoms with van der Waals surface area (Å²) >= 11 is 0. The fourth-order valence-corrected chi connectivity index (χ4v) is 2.83. The molecule has 144 valence electrons. The van der Waals surface area contributed by atoms with Crippen LogP contribution in [0, 0.1) is 0 Å². The molecule has 3 aromatic rings. The van der Waals surface area contributed by atoms with Crippen LogP contribution in [0.15, 0.2) is 67.0 Å². The molecule has 6 heteroatoms. The minimum absolute atomic E-state index is 0.111. The van der Waals surface area contributed by atoms with Crippen molar-refractivity contribution < 1.29 is 4.79 Å². The van der Waals surface area contributed by atoms with Crippen LogP contribution in [-0.2, 0) is 6.54 Å². The average Bonchev–Trinajstić information content (AvgIpc) is 2.73. The molecule has 2 aromatic carbocycles. The summed E-state index contributed by atoms with van der Waals surface area (Å²) in [6, 6.07) is 19.6. The fraction of sp³-hybridized carbons (Fsp3) is 0.227. The molecule has 0 radical (unpaired) electrons. The van der Waals surface area contributed by atoms with Crippen molar-refractivity contribution >= 4 is 23.1 Å². The van der Waals surface area contributed by atoms with Crippen molar-refractivity contribution in [1.82, 2.24) is 14.9 Å². The second-order valence-corrected chi connectivity index (χ2v) is 6.66. The van der Waals surface area contributed by atoms with E-state index in [0.717, 1.165) is 16.9 Å². The lowest BCUT2D eigenvalue weighted by Gasteiger charge is -2.20. The summed E-state index contributed by atoms with van der Waals surface area (Å²) in [5.41, 5.74) is 3.48. The van der Waals surface area contributed by atoms with Gasteiger partial charge in [-0.05, 0) is 36.8 Å². The van der Waals surface area contributed by atoms with Gasteiger partial charge in [0.15, 0.2) is 0 Å². The van der Waals surface area contributed by atoms with Gasteiger partial charge in [0.2, 0.25) is 0 Å². The Morgan fingerprint density at radius 2 is 1.71 bits per heavy atom. The zero-order chi connectivity index (χ0) is 19.9. The standard InChI is InChI=1S/C22H25N5O/c1-4-27(15-17-8-6-5-7-9-17)22(28)20-14-21(24-16-23-20)25-18-10-12-19(13-11-18)26(2)3/h5-14,16H,4,15H2,1-3H3,(H,23,24,25). The normalized spacial score (nSPS) is 10.4. The van der Waals surface area contributed by atoms with Gasteiger partial charge < -0.3 is 15.1 Å². The maximum atomic E-state index is 12.9. The van der Waals surface area contributed by atoms with Crippen LogP contribution in [0.25, 0.3) is 0 Å². The summed E-state index contributed by atoms with van der Waals surface area (Å²) in [5.74, 6) is 0.478. The number of benzene rings is 2. The average molecular weight is 375 g/mol. The first-order valence-electron chi connectivity index (χ1n) is 9.26. The molecule has 1 heterocycles. The monoisotopic (exact) mass is 375 g/mol. The Balaban J connectivity index is 1.73. The topological polar surface area (TPSA) is 61.4 Å². The SMILES string of the molecule is CCN(Cc1ccccc1)C(=O)c1cc(Nc2ccc(N(C)C)cc2)ncn1. The number of nitrogens with zero attached hydrogens (tertiary/aromatic N) is 4. The van der Waals surface area contributed by atoms with E-state index in [2.05, 4.69) is 15.3 Å². The second-order valence-electron chi connectivity index (χ2n) is 6.66. The van der Waals surface area contributed by atoms with E-state index in [4.69, 9.17) is 0 Å². The Morgan fingerprint density at radius 1 is 1.00 bits per heavy atom. The molecule has 0 fully saturated rings. The summed E-state index contributed by atoms with van der Waals surface area (Å²) < 4.78 is 0. The van der Waals surface area contributed by atoms with E-state index in [9.17, 15) is 4.79 Å². The number of carbonyl (C=O) groups excluding carboxylic acids is 1. The number of amides is 1. The molecule has 0 saturated carbocycles. The molecular formula is C22H25N5O. The molecule has 0 aliphatic heterocycles. The van der Waals surface area contributed by atoms with Crippen LogP contribution in [0.3, 0.4) is 0 Å². The first kappa shape index (κ1) is 19.4. The van der Waals surface area contributed by atoms with Gasteiger partial charge in [-0.25, -0.2) is 9.97 Å². The third-order valence-electron chi connectivity index (χ3n) is 4.43. The van der Waals surface area contributed by atoms with E-state index in [1.165, 1.54) is 6.33 Å². The van der Waals surface area contributed by atoms with Crippen molar-refractivity contribution in [3.05, 3.63) is 78.2 Å². The quantitative estimate of drug-likeness (QED) is 0.678. The molecule has 0 bridgehead atoms. The van der Waals surface area contributed by atoms with Crippen molar-refractivity contribution in [3.8, 4) is 0 Å². The Morgan fingerprint density at radius 3 is 2.36 bits per heavy atom. The van der Waals surface area contributed by atoms with Crippen molar-refractivity contribution in [2.24, 2.45) is 0 Å². The number of anilines is 3. The first-order valence-corrected chi connectivity index (χ1v) is 9.26. The van der Waals surface area contributed by atoms with E-state index in [0.29, 0.717) is 24.6 Å². The highest BCUT2D eigenvalue weighted by Gasteiger charge is 2.16. The summed E-state index contributed by atoms with van der Waals surface area (Å²) in [6.45, 7) is 3.12. The molecule has 6 nitrogen and oxygen atoms in total. The van der Waals surface area contributed by atoms with Crippen molar-refractivity contribution in [1.29, 1.82) is 0 Å². The maximum Gasteiger partial charge on any atom is 0.272 e. The molecular weight excluding hydrogens is 350 g/mol. The molecule has 3 rings (SSSR count). The number of aromatic nitrogens is 2. The van der Waals surface area contributed by atoms with Gasteiger partial charge in [-0.1, -0.05) is 30.3 Å². The lowest BCUT2D eigenvalue weighted by Crippen LogP contribution is -2.31. The van der Waals surface area contributed by atoms with Gasteiger partial charge in [0, 0.05) is 44.6 Å². The van der Waals surface area contributed by atoms with Crippen LogP contribution in [0.2, 0.25) is 0 Å². The molecule has 0 saturated heterocycles. The zero-order valence-corrected chi connectivity index (χ0v) is 16.5. The van der Waals surface area contributed by atoms with E-state index in [1.54, 1.807) is 11.0 Å². The number of hydrogen-bond donors (Lipinski definition) is 1. The summed E-state index contributed by atoms with van der Waals surface area (Å²) in [7, 11) is 4.00. The van der Waals surface area contributed by atoms with E-state index < -0.39 is 0 Å². The van der Waals surface area contributed by atoms with Crippen LogP contribution in [0.4, 0.5) is 17.2 Å². The van der Waals surface area contributed by atoms with Gasteiger partial charge in [-0.2, -0.15) is 0 Å². The number of rotatable bonds is 7. The van der Waals surface area contributed by atoms with Gasteiger partial charge in [0.1, 0.15) is 17.8 Å². The minimum Gasteiger partial charge on any atom is -0.378 e. The number of carbonyl (C=O) groups is 1. The maximum absolute atomic E-state index is 12.9. The predicted molar refractivity (Wildman–Crippen MR) is 113 cm³/mol. The van der Waals surface area contributed by atoms with Crippen LogP contribution in [-0.4, -0.2) is 41.4 Å².